The Kier molecular flexibility index (Phi) is 6.23. The predicted octanol–water partition coefficient (Wildman–Crippen LogP) is 1.75. The highest BCUT2D eigenvalue weighted by molar-refractivity contribution is 5.92. The van der Waals surface area contributed by atoms with Gasteiger partial charge in [-0.2, -0.15) is 0 Å². The second-order valence-corrected chi connectivity index (χ2v) is 5.15. The number of halogens is 1. The van der Waals surface area contributed by atoms with Crippen LogP contribution in [0, 0.1) is 5.92 Å². The van der Waals surface area contributed by atoms with Crippen molar-refractivity contribution >= 4 is 24.0 Å². The van der Waals surface area contributed by atoms with Gasteiger partial charge in [0.1, 0.15) is 0 Å². The van der Waals surface area contributed by atoms with Crippen LogP contribution in [0.1, 0.15) is 32.6 Å². The summed E-state index contributed by atoms with van der Waals surface area (Å²) in [6.45, 7) is 2.49. The number of carbonyl (C=O) groups excluding carboxylic acids is 1. The first-order chi connectivity index (χ1) is 9.10. The third-order valence-electron chi connectivity index (χ3n) is 3.68. The van der Waals surface area contributed by atoms with Crippen molar-refractivity contribution in [3.8, 4) is 0 Å². The van der Waals surface area contributed by atoms with Crippen LogP contribution in [0.25, 0.3) is 0 Å². The molecule has 3 N–H and O–H groups in total. The van der Waals surface area contributed by atoms with E-state index in [0.717, 1.165) is 25.7 Å². The molecule has 1 heterocycles. The van der Waals surface area contributed by atoms with Crippen LogP contribution in [0.3, 0.4) is 0 Å². The van der Waals surface area contributed by atoms with Crippen molar-refractivity contribution in [3.05, 3.63) is 28.7 Å². The van der Waals surface area contributed by atoms with Crippen LogP contribution in [0.4, 0.5) is 5.69 Å². The van der Waals surface area contributed by atoms with E-state index in [9.17, 15) is 9.59 Å². The first kappa shape index (κ1) is 16.7. The van der Waals surface area contributed by atoms with Crippen LogP contribution in [0.5, 0.6) is 0 Å². The van der Waals surface area contributed by atoms with Gasteiger partial charge in [0, 0.05) is 30.8 Å². The van der Waals surface area contributed by atoms with Gasteiger partial charge in [-0.3, -0.25) is 9.59 Å². The van der Waals surface area contributed by atoms with Crippen LogP contribution in [-0.2, 0) is 11.3 Å². The normalized spacial score (nSPS) is 21.9. The molecular weight excluding hydrogens is 278 g/mol. The number of aryl methyl sites for hydroxylation is 1. The lowest BCUT2D eigenvalue weighted by Crippen LogP contribution is -2.34. The molecular formula is C14H22ClN3O2. The van der Waals surface area contributed by atoms with Crippen molar-refractivity contribution in [3.63, 3.8) is 0 Å². The Morgan fingerprint density at radius 1 is 1.45 bits per heavy atom. The smallest absolute Gasteiger partial charge is 0.250 e. The quantitative estimate of drug-likeness (QED) is 0.892. The summed E-state index contributed by atoms with van der Waals surface area (Å²) in [4.78, 5) is 23.6. The molecule has 0 saturated heterocycles. The van der Waals surface area contributed by atoms with Gasteiger partial charge in [-0.05, 0) is 32.3 Å². The maximum absolute atomic E-state index is 12.1. The molecule has 1 amide bonds. The summed E-state index contributed by atoms with van der Waals surface area (Å²) >= 11 is 0. The van der Waals surface area contributed by atoms with E-state index in [0.29, 0.717) is 12.2 Å². The number of pyridine rings is 1. The lowest BCUT2D eigenvalue weighted by atomic mass is 9.85. The first-order valence-corrected chi connectivity index (χ1v) is 6.87. The number of hydrogen-bond donors (Lipinski definition) is 2. The van der Waals surface area contributed by atoms with Crippen molar-refractivity contribution in [2.24, 2.45) is 11.7 Å². The molecule has 0 aromatic carbocycles. The van der Waals surface area contributed by atoms with Gasteiger partial charge < -0.3 is 15.6 Å². The SMILES string of the molecule is CCn1cc(NC(=O)C2CCCC(N)C2)ccc1=O.Cl. The summed E-state index contributed by atoms with van der Waals surface area (Å²) in [7, 11) is 0. The second-order valence-electron chi connectivity index (χ2n) is 5.15. The van der Waals surface area contributed by atoms with Gasteiger partial charge >= 0.3 is 0 Å². The largest absolute Gasteiger partial charge is 0.328 e. The number of rotatable bonds is 3. The molecule has 1 aliphatic carbocycles. The summed E-state index contributed by atoms with van der Waals surface area (Å²) in [5.41, 5.74) is 6.51. The van der Waals surface area contributed by atoms with Gasteiger partial charge in [0.15, 0.2) is 0 Å². The lowest BCUT2D eigenvalue weighted by molar-refractivity contribution is -0.120. The van der Waals surface area contributed by atoms with Gasteiger partial charge in [-0.15, -0.1) is 12.4 Å². The number of anilines is 1. The Labute approximate surface area is 125 Å². The van der Waals surface area contributed by atoms with E-state index in [1.54, 1.807) is 16.8 Å². The number of nitrogens with zero attached hydrogens (tertiary/aromatic N) is 1. The second kappa shape index (κ2) is 7.45. The summed E-state index contributed by atoms with van der Waals surface area (Å²) in [5, 5.41) is 2.88. The van der Waals surface area contributed by atoms with E-state index < -0.39 is 0 Å². The highest BCUT2D eigenvalue weighted by Gasteiger charge is 2.25. The number of amides is 1. The van der Waals surface area contributed by atoms with E-state index in [2.05, 4.69) is 5.32 Å². The molecule has 6 heteroatoms. The Morgan fingerprint density at radius 3 is 2.85 bits per heavy atom. The Balaban J connectivity index is 0.00000200. The van der Waals surface area contributed by atoms with Crippen LogP contribution in [0.15, 0.2) is 23.1 Å². The van der Waals surface area contributed by atoms with Crippen molar-refractivity contribution < 1.29 is 4.79 Å². The van der Waals surface area contributed by atoms with E-state index >= 15 is 0 Å². The van der Waals surface area contributed by atoms with E-state index in [-0.39, 0.29) is 35.8 Å². The highest BCUT2D eigenvalue weighted by atomic mass is 35.5. The molecule has 20 heavy (non-hydrogen) atoms. The van der Waals surface area contributed by atoms with Crippen molar-refractivity contribution in [2.45, 2.75) is 45.2 Å². The van der Waals surface area contributed by atoms with Gasteiger partial charge in [0.25, 0.3) is 5.56 Å². The molecule has 0 bridgehead atoms. The molecule has 2 atom stereocenters. The summed E-state index contributed by atoms with van der Waals surface area (Å²) in [6.07, 6.45) is 5.34. The lowest BCUT2D eigenvalue weighted by Gasteiger charge is -2.25. The van der Waals surface area contributed by atoms with Crippen LogP contribution in [0.2, 0.25) is 0 Å². The van der Waals surface area contributed by atoms with Crippen molar-refractivity contribution in [1.29, 1.82) is 0 Å². The average Bonchev–Trinajstić information content (AvgIpc) is 2.41. The fourth-order valence-electron chi connectivity index (χ4n) is 2.56. The molecule has 0 spiro atoms. The maximum atomic E-state index is 12.1. The van der Waals surface area contributed by atoms with Gasteiger partial charge in [0.2, 0.25) is 5.91 Å². The van der Waals surface area contributed by atoms with Crippen LogP contribution >= 0.6 is 12.4 Å². The van der Waals surface area contributed by atoms with E-state index in [1.807, 2.05) is 6.92 Å². The molecule has 1 saturated carbocycles. The van der Waals surface area contributed by atoms with Gasteiger partial charge in [-0.25, -0.2) is 0 Å². The third kappa shape index (κ3) is 4.08. The minimum atomic E-state index is -0.0554. The topological polar surface area (TPSA) is 77.1 Å². The molecule has 2 rings (SSSR count). The molecule has 0 aliphatic heterocycles. The standard InChI is InChI=1S/C14H21N3O2.ClH/c1-2-17-9-12(6-7-13(17)18)16-14(19)10-4-3-5-11(15)8-10;/h6-7,9-11H,2-5,8,15H2,1H3,(H,16,19);1H. The van der Waals surface area contributed by atoms with Gasteiger partial charge in [-0.1, -0.05) is 6.42 Å². The fourth-order valence-corrected chi connectivity index (χ4v) is 2.56. The molecule has 5 nitrogen and oxygen atoms in total. The molecule has 112 valence electrons. The zero-order valence-electron chi connectivity index (χ0n) is 11.7. The molecule has 1 aromatic heterocycles. The minimum absolute atomic E-state index is 0. The summed E-state index contributed by atoms with van der Waals surface area (Å²) in [5.74, 6) is 0.00204. The number of nitrogens with two attached hydrogens (primary N) is 1. The zero-order chi connectivity index (χ0) is 13.8. The van der Waals surface area contributed by atoms with E-state index in [1.165, 1.54) is 6.07 Å². The number of hydrogen-bond acceptors (Lipinski definition) is 3. The van der Waals surface area contributed by atoms with Crippen LogP contribution < -0.4 is 16.6 Å². The van der Waals surface area contributed by atoms with Crippen LogP contribution in [-0.4, -0.2) is 16.5 Å². The third-order valence-corrected chi connectivity index (χ3v) is 3.68. The van der Waals surface area contributed by atoms with Crippen molar-refractivity contribution in [2.75, 3.05) is 5.32 Å². The molecule has 2 unspecified atom stereocenters. The fraction of sp³-hybridized carbons (Fsp3) is 0.571. The van der Waals surface area contributed by atoms with E-state index in [4.69, 9.17) is 5.73 Å². The average molecular weight is 300 g/mol. The number of carbonyl (C=O) groups is 1. The summed E-state index contributed by atoms with van der Waals surface area (Å²) in [6, 6.07) is 3.26. The minimum Gasteiger partial charge on any atom is -0.328 e. The molecule has 0 radical (unpaired) electrons. The number of aromatic nitrogens is 1. The Morgan fingerprint density at radius 2 is 2.20 bits per heavy atom. The highest BCUT2D eigenvalue weighted by Crippen LogP contribution is 2.24. The zero-order valence-corrected chi connectivity index (χ0v) is 12.5. The molecule has 1 aromatic rings. The summed E-state index contributed by atoms with van der Waals surface area (Å²) < 4.78 is 1.57. The van der Waals surface area contributed by atoms with Crippen molar-refractivity contribution in [1.82, 2.24) is 4.57 Å². The Bertz CT molecular complexity index is 515. The Hall–Kier alpha value is -1.33. The monoisotopic (exact) mass is 299 g/mol. The first-order valence-electron chi connectivity index (χ1n) is 6.87. The predicted molar refractivity (Wildman–Crippen MR) is 82.2 cm³/mol. The maximum Gasteiger partial charge on any atom is 0.250 e. The molecule has 1 aliphatic rings. The molecule has 1 fully saturated rings. The number of nitrogens with one attached hydrogen (secondary N) is 1. The van der Waals surface area contributed by atoms with Gasteiger partial charge in [0.05, 0.1) is 5.69 Å².